The molecule has 0 saturated heterocycles. The second-order valence-corrected chi connectivity index (χ2v) is 2.87. The van der Waals surface area contributed by atoms with E-state index < -0.39 is 0 Å². The van der Waals surface area contributed by atoms with Crippen LogP contribution in [0, 0.1) is 5.21 Å². The van der Waals surface area contributed by atoms with Gasteiger partial charge in [0.1, 0.15) is 0 Å². The number of nitrogens with one attached hydrogen (secondary N) is 2. The molecule has 0 saturated carbocycles. The molecule has 0 amide bonds. The average molecular weight is 209 g/mol. The van der Waals surface area contributed by atoms with Gasteiger partial charge in [0.15, 0.2) is 11.0 Å². The van der Waals surface area contributed by atoms with Gasteiger partial charge in [-0.1, -0.05) is 0 Å². The van der Waals surface area contributed by atoms with Crippen molar-refractivity contribution < 1.29 is 9.74 Å². The smallest absolute Gasteiger partial charge is 0.160 e. The Hall–Kier alpha value is -1.86. The molecule has 2 aromatic rings. The monoisotopic (exact) mass is 209 g/mol. The van der Waals surface area contributed by atoms with Crippen LogP contribution >= 0.6 is 0 Å². The SMILES string of the molecule is [O-]Nc1ccc(NCCO)c2nonc12. The number of aliphatic hydroxyl groups is 1. The second kappa shape index (κ2) is 4.11. The number of rotatable bonds is 4. The lowest BCUT2D eigenvalue weighted by Gasteiger charge is -2.10. The molecule has 1 heterocycles. The molecule has 0 unspecified atom stereocenters. The van der Waals surface area contributed by atoms with Gasteiger partial charge in [-0.3, -0.25) is 0 Å². The molecule has 3 N–H and O–H groups in total. The number of hydrogen-bond donors (Lipinski definition) is 3. The highest BCUT2D eigenvalue weighted by molar-refractivity contribution is 5.95. The van der Waals surface area contributed by atoms with Gasteiger partial charge in [0.05, 0.1) is 18.0 Å². The highest BCUT2D eigenvalue weighted by Crippen LogP contribution is 2.26. The van der Waals surface area contributed by atoms with Crippen LogP contribution in [0.25, 0.3) is 11.0 Å². The first kappa shape index (κ1) is 9.69. The summed E-state index contributed by atoms with van der Waals surface area (Å²) in [4.78, 5) is 0. The third-order valence-electron chi connectivity index (χ3n) is 1.95. The maximum Gasteiger partial charge on any atom is 0.160 e. The minimum absolute atomic E-state index is 0.00826. The van der Waals surface area contributed by atoms with Crippen LogP contribution in [0.4, 0.5) is 11.4 Å². The van der Waals surface area contributed by atoms with E-state index in [1.807, 2.05) is 0 Å². The van der Waals surface area contributed by atoms with Crippen molar-refractivity contribution >= 4 is 22.4 Å². The summed E-state index contributed by atoms with van der Waals surface area (Å²) in [6, 6.07) is 3.24. The predicted octanol–water partition coefficient (Wildman–Crippen LogP) is 0.537. The molecule has 0 aliphatic heterocycles. The Labute approximate surface area is 84.6 Å². The molecular weight excluding hydrogens is 200 g/mol. The van der Waals surface area contributed by atoms with Gasteiger partial charge in [-0.2, -0.15) is 0 Å². The molecule has 0 bridgehead atoms. The predicted molar refractivity (Wildman–Crippen MR) is 54.4 cm³/mol. The van der Waals surface area contributed by atoms with Crippen molar-refractivity contribution in [3.05, 3.63) is 17.3 Å². The maximum atomic E-state index is 10.5. The summed E-state index contributed by atoms with van der Waals surface area (Å²) >= 11 is 0. The van der Waals surface area contributed by atoms with E-state index in [0.29, 0.717) is 29.0 Å². The molecule has 15 heavy (non-hydrogen) atoms. The fourth-order valence-corrected chi connectivity index (χ4v) is 1.28. The molecule has 0 atom stereocenters. The third-order valence-corrected chi connectivity index (χ3v) is 1.95. The molecule has 1 aromatic heterocycles. The Morgan fingerprint density at radius 2 is 1.93 bits per heavy atom. The Morgan fingerprint density at radius 1 is 1.27 bits per heavy atom. The molecule has 0 fully saturated rings. The van der Waals surface area contributed by atoms with E-state index in [4.69, 9.17) is 5.11 Å². The molecular formula is C8H9N4O3-. The minimum Gasteiger partial charge on any atom is -0.761 e. The van der Waals surface area contributed by atoms with Gasteiger partial charge in [-0.05, 0) is 22.4 Å². The maximum absolute atomic E-state index is 10.5. The van der Waals surface area contributed by atoms with E-state index in [9.17, 15) is 5.21 Å². The average Bonchev–Trinajstić information content (AvgIpc) is 2.74. The number of aromatic nitrogens is 2. The van der Waals surface area contributed by atoms with Crippen LogP contribution in [0.1, 0.15) is 0 Å². The Balaban J connectivity index is 2.44. The lowest BCUT2D eigenvalue weighted by Crippen LogP contribution is -2.06. The van der Waals surface area contributed by atoms with Crippen molar-refractivity contribution in [1.29, 1.82) is 0 Å². The lowest BCUT2D eigenvalue weighted by atomic mass is 10.2. The van der Waals surface area contributed by atoms with Crippen molar-refractivity contribution in [3.8, 4) is 0 Å². The van der Waals surface area contributed by atoms with Crippen molar-refractivity contribution in [2.75, 3.05) is 23.9 Å². The van der Waals surface area contributed by atoms with Crippen molar-refractivity contribution in [3.63, 3.8) is 0 Å². The van der Waals surface area contributed by atoms with Crippen molar-refractivity contribution in [2.24, 2.45) is 0 Å². The summed E-state index contributed by atoms with van der Waals surface area (Å²) in [6.45, 7) is 0.403. The number of benzene rings is 1. The second-order valence-electron chi connectivity index (χ2n) is 2.87. The lowest BCUT2D eigenvalue weighted by molar-refractivity contribution is 0.310. The number of fused-ring (bicyclic) bond motifs is 1. The Morgan fingerprint density at radius 3 is 2.60 bits per heavy atom. The molecule has 7 heteroatoms. The summed E-state index contributed by atoms with van der Waals surface area (Å²) in [5, 5.41) is 29.4. The van der Waals surface area contributed by atoms with Crippen LogP contribution in [-0.4, -0.2) is 28.6 Å². The van der Waals surface area contributed by atoms with Gasteiger partial charge in [-0.25, -0.2) is 4.63 Å². The van der Waals surface area contributed by atoms with E-state index in [0.717, 1.165) is 0 Å². The molecule has 2 rings (SSSR count). The number of anilines is 2. The fraction of sp³-hybridized carbons (Fsp3) is 0.250. The molecule has 7 nitrogen and oxygen atoms in total. The largest absolute Gasteiger partial charge is 0.761 e. The van der Waals surface area contributed by atoms with Gasteiger partial charge >= 0.3 is 0 Å². The number of nitrogens with zero attached hydrogens (tertiary/aromatic N) is 2. The van der Waals surface area contributed by atoms with Crippen LogP contribution in [0.3, 0.4) is 0 Å². The normalized spacial score (nSPS) is 10.5. The molecule has 0 aliphatic rings. The fourth-order valence-electron chi connectivity index (χ4n) is 1.28. The van der Waals surface area contributed by atoms with Crippen LogP contribution in [-0.2, 0) is 0 Å². The topological polar surface area (TPSA) is 106 Å². The number of hydrogen-bond acceptors (Lipinski definition) is 7. The van der Waals surface area contributed by atoms with Gasteiger partial charge in [-0.15, -0.1) is 0 Å². The minimum atomic E-state index is 0.00826. The Kier molecular flexibility index (Phi) is 2.66. The zero-order valence-electron chi connectivity index (χ0n) is 7.73. The zero-order valence-corrected chi connectivity index (χ0v) is 7.73. The van der Waals surface area contributed by atoms with Crippen LogP contribution < -0.4 is 10.8 Å². The summed E-state index contributed by atoms with van der Waals surface area (Å²) in [5.74, 6) is 0. The van der Waals surface area contributed by atoms with Crippen LogP contribution in [0.15, 0.2) is 16.8 Å². The van der Waals surface area contributed by atoms with Gasteiger partial charge < -0.3 is 21.1 Å². The molecule has 0 aliphatic carbocycles. The standard InChI is InChI=1S/C8H9N4O3/c13-4-3-9-5-1-2-6(10-14)8-7(5)11-15-12-8/h1-2,9-10,13H,3-4H2/q-1. The summed E-state index contributed by atoms with van der Waals surface area (Å²) in [6.07, 6.45) is 0. The quantitative estimate of drug-likeness (QED) is 0.630. The van der Waals surface area contributed by atoms with E-state index in [1.54, 1.807) is 17.6 Å². The first-order valence-corrected chi connectivity index (χ1v) is 4.35. The van der Waals surface area contributed by atoms with E-state index in [2.05, 4.69) is 20.3 Å². The molecule has 1 aromatic carbocycles. The zero-order chi connectivity index (χ0) is 10.7. The first-order valence-electron chi connectivity index (χ1n) is 4.35. The highest BCUT2D eigenvalue weighted by Gasteiger charge is 2.09. The van der Waals surface area contributed by atoms with Crippen molar-refractivity contribution in [1.82, 2.24) is 10.3 Å². The molecule has 0 radical (unpaired) electrons. The van der Waals surface area contributed by atoms with Gasteiger partial charge in [0.25, 0.3) is 0 Å². The van der Waals surface area contributed by atoms with E-state index in [-0.39, 0.29) is 6.61 Å². The van der Waals surface area contributed by atoms with E-state index >= 15 is 0 Å². The molecule has 80 valence electrons. The summed E-state index contributed by atoms with van der Waals surface area (Å²) in [5.41, 5.74) is 3.55. The third kappa shape index (κ3) is 1.69. The highest BCUT2D eigenvalue weighted by atomic mass is 16.6. The van der Waals surface area contributed by atoms with Gasteiger partial charge in [0, 0.05) is 6.54 Å². The van der Waals surface area contributed by atoms with E-state index in [1.165, 1.54) is 0 Å². The van der Waals surface area contributed by atoms with Crippen LogP contribution in [0.5, 0.6) is 0 Å². The summed E-state index contributed by atoms with van der Waals surface area (Å²) < 4.78 is 4.55. The van der Waals surface area contributed by atoms with Crippen molar-refractivity contribution in [2.45, 2.75) is 0 Å². The first-order chi connectivity index (χ1) is 7.36. The van der Waals surface area contributed by atoms with Gasteiger partial charge in [0.2, 0.25) is 0 Å². The Bertz CT molecular complexity index is 456. The summed E-state index contributed by atoms with van der Waals surface area (Å²) in [7, 11) is 0. The number of aliphatic hydroxyl groups excluding tert-OH is 1. The molecule has 0 spiro atoms. The van der Waals surface area contributed by atoms with Crippen LogP contribution in [0.2, 0.25) is 0 Å².